The second kappa shape index (κ2) is 11.1. The molecule has 1 fully saturated rings. The number of hydrogen-bond donors (Lipinski definition) is 1. The van der Waals surface area contributed by atoms with Gasteiger partial charge in [0.1, 0.15) is 18.5 Å². The van der Waals surface area contributed by atoms with Gasteiger partial charge in [-0.2, -0.15) is 0 Å². The van der Waals surface area contributed by atoms with Crippen LogP contribution in [-0.2, 0) is 0 Å². The monoisotopic (exact) mass is 444 g/mol. The third-order valence-corrected chi connectivity index (χ3v) is 5.51. The highest BCUT2D eigenvalue weighted by Gasteiger charge is 2.24. The zero-order valence-corrected chi connectivity index (χ0v) is 19.2. The van der Waals surface area contributed by atoms with Crippen LogP contribution in [0.1, 0.15) is 15.9 Å². The lowest BCUT2D eigenvalue weighted by Gasteiger charge is -2.35. The van der Waals surface area contributed by atoms with Crippen molar-refractivity contribution in [1.29, 1.82) is 0 Å². The maximum absolute atomic E-state index is 12.7. The Morgan fingerprint density at radius 2 is 1.56 bits per heavy atom. The quantitative estimate of drug-likeness (QED) is 0.635. The van der Waals surface area contributed by atoms with Crippen molar-refractivity contribution in [2.75, 3.05) is 60.7 Å². The Bertz CT molecular complexity index is 869. The Balaban J connectivity index is 1.48. The Labute approximate surface area is 189 Å². The molecule has 174 valence electrons. The molecule has 0 aliphatic carbocycles. The number of carbonyl (C=O) groups excluding carboxylic acids is 1. The number of piperazine rings is 1. The maximum Gasteiger partial charge on any atom is 0.253 e. The normalized spacial score (nSPS) is 15.2. The lowest BCUT2D eigenvalue weighted by atomic mass is 10.1. The predicted molar refractivity (Wildman–Crippen MR) is 121 cm³/mol. The van der Waals surface area contributed by atoms with Crippen LogP contribution in [-0.4, -0.2) is 87.6 Å². The summed E-state index contributed by atoms with van der Waals surface area (Å²) in [5, 5.41) is 10.5. The van der Waals surface area contributed by atoms with Gasteiger partial charge in [0.2, 0.25) is 5.75 Å². The van der Waals surface area contributed by atoms with E-state index in [0.717, 1.165) is 5.56 Å². The van der Waals surface area contributed by atoms with Gasteiger partial charge in [-0.15, -0.1) is 0 Å². The van der Waals surface area contributed by atoms with Crippen molar-refractivity contribution in [2.24, 2.45) is 0 Å². The van der Waals surface area contributed by atoms with Crippen molar-refractivity contribution in [3.8, 4) is 23.0 Å². The van der Waals surface area contributed by atoms with Crippen LogP contribution in [0.4, 0.5) is 0 Å². The van der Waals surface area contributed by atoms with Crippen molar-refractivity contribution in [1.82, 2.24) is 9.80 Å². The Morgan fingerprint density at radius 1 is 0.969 bits per heavy atom. The highest BCUT2D eigenvalue weighted by atomic mass is 16.5. The summed E-state index contributed by atoms with van der Waals surface area (Å²) in [7, 11) is 4.62. The van der Waals surface area contributed by atoms with Crippen LogP contribution in [0.3, 0.4) is 0 Å². The van der Waals surface area contributed by atoms with Gasteiger partial charge in [-0.05, 0) is 19.1 Å². The number of β-amino-alcohol motifs (C(OH)–C–C–N with tert-alkyl or cyclic N) is 1. The number of ether oxygens (including phenoxy) is 4. The molecule has 8 heteroatoms. The molecule has 2 aromatic carbocycles. The highest BCUT2D eigenvalue weighted by Crippen LogP contribution is 2.40. The average molecular weight is 445 g/mol. The van der Waals surface area contributed by atoms with Crippen LogP contribution >= 0.6 is 0 Å². The minimum atomic E-state index is -0.673. The van der Waals surface area contributed by atoms with E-state index in [9.17, 15) is 9.90 Å². The van der Waals surface area contributed by atoms with E-state index in [0.29, 0.717) is 61.3 Å². The molecular weight excluding hydrogens is 412 g/mol. The first-order chi connectivity index (χ1) is 15.4. The van der Waals surface area contributed by atoms with E-state index in [1.54, 1.807) is 33.5 Å². The van der Waals surface area contributed by atoms with Crippen molar-refractivity contribution >= 4 is 5.91 Å². The summed E-state index contributed by atoms with van der Waals surface area (Å²) in [5.74, 6) is 2.04. The number of rotatable bonds is 9. The van der Waals surface area contributed by atoms with Crippen LogP contribution in [0.5, 0.6) is 23.0 Å². The SMILES string of the molecule is COc1cc(OCC(O)CN2CCN(C(=O)c3ccc(C)cc3)CC2)cc(OC)c1OC. The molecule has 3 rings (SSSR count). The first-order valence-corrected chi connectivity index (χ1v) is 10.6. The Kier molecular flexibility index (Phi) is 8.19. The lowest BCUT2D eigenvalue weighted by Crippen LogP contribution is -2.50. The number of carbonyl (C=O) groups is 1. The molecule has 1 aliphatic heterocycles. The number of nitrogens with zero attached hydrogens (tertiary/aromatic N) is 2. The number of benzene rings is 2. The molecule has 0 saturated carbocycles. The second-order valence-electron chi connectivity index (χ2n) is 7.78. The van der Waals surface area contributed by atoms with Crippen molar-refractivity contribution in [3.05, 3.63) is 47.5 Å². The molecule has 1 atom stereocenters. The first kappa shape index (κ1) is 23.7. The van der Waals surface area contributed by atoms with Gasteiger partial charge in [0, 0.05) is 50.4 Å². The minimum absolute atomic E-state index is 0.0518. The third-order valence-electron chi connectivity index (χ3n) is 5.51. The summed E-state index contributed by atoms with van der Waals surface area (Å²) in [6.07, 6.45) is -0.673. The van der Waals surface area contributed by atoms with Crippen molar-refractivity contribution in [3.63, 3.8) is 0 Å². The van der Waals surface area contributed by atoms with Gasteiger partial charge in [0.15, 0.2) is 11.5 Å². The van der Waals surface area contributed by atoms with E-state index >= 15 is 0 Å². The van der Waals surface area contributed by atoms with Crippen LogP contribution < -0.4 is 18.9 Å². The summed E-state index contributed by atoms with van der Waals surface area (Å²) in [6.45, 7) is 5.28. The number of aryl methyl sites for hydroxylation is 1. The molecule has 0 aromatic heterocycles. The van der Waals surface area contributed by atoms with Crippen molar-refractivity contribution < 1.29 is 28.8 Å². The molecular formula is C24H32N2O6. The third kappa shape index (κ3) is 5.83. The summed E-state index contributed by atoms with van der Waals surface area (Å²) in [5.41, 5.74) is 1.84. The van der Waals surface area contributed by atoms with Gasteiger partial charge in [-0.1, -0.05) is 17.7 Å². The van der Waals surface area contributed by atoms with E-state index in [1.807, 2.05) is 36.1 Å². The molecule has 0 spiro atoms. The fraction of sp³-hybridized carbons (Fsp3) is 0.458. The van der Waals surface area contributed by atoms with Gasteiger partial charge in [-0.25, -0.2) is 0 Å². The predicted octanol–water partition coefficient (Wildman–Crippen LogP) is 2.22. The molecule has 32 heavy (non-hydrogen) atoms. The number of aliphatic hydroxyl groups is 1. The zero-order chi connectivity index (χ0) is 23.1. The molecule has 1 heterocycles. The Hall–Kier alpha value is -2.97. The fourth-order valence-corrected chi connectivity index (χ4v) is 3.70. The maximum atomic E-state index is 12.7. The molecule has 8 nitrogen and oxygen atoms in total. The summed E-state index contributed by atoms with van der Waals surface area (Å²) in [4.78, 5) is 16.7. The minimum Gasteiger partial charge on any atom is -0.493 e. The standard InChI is InChI=1S/C24H32N2O6/c1-17-5-7-18(8-6-17)24(28)26-11-9-25(10-12-26)15-19(27)16-32-20-13-21(29-2)23(31-4)22(14-20)30-3/h5-8,13-14,19,27H,9-12,15-16H2,1-4H3. The van der Waals surface area contributed by atoms with Crippen molar-refractivity contribution in [2.45, 2.75) is 13.0 Å². The highest BCUT2D eigenvalue weighted by molar-refractivity contribution is 5.94. The molecule has 1 amide bonds. The van der Waals surface area contributed by atoms with Gasteiger partial charge < -0.3 is 29.0 Å². The zero-order valence-electron chi connectivity index (χ0n) is 19.2. The summed E-state index contributed by atoms with van der Waals surface area (Å²) >= 11 is 0. The number of aliphatic hydroxyl groups excluding tert-OH is 1. The number of amides is 1. The van der Waals surface area contributed by atoms with E-state index in [2.05, 4.69) is 4.90 Å². The molecule has 1 saturated heterocycles. The second-order valence-corrected chi connectivity index (χ2v) is 7.78. The molecule has 1 N–H and O–H groups in total. The van der Waals surface area contributed by atoms with Gasteiger partial charge in [0.25, 0.3) is 5.91 Å². The van der Waals surface area contributed by atoms with E-state index in [1.165, 1.54) is 0 Å². The summed E-state index contributed by atoms with van der Waals surface area (Å²) in [6, 6.07) is 11.0. The molecule has 2 aromatic rings. The Morgan fingerprint density at radius 3 is 2.09 bits per heavy atom. The van der Waals surface area contributed by atoms with Crippen LogP contribution in [0.2, 0.25) is 0 Å². The topological polar surface area (TPSA) is 80.7 Å². The fourth-order valence-electron chi connectivity index (χ4n) is 3.70. The molecule has 1 aliphatic rings. The average Bonchev–Trinajstić information content (AvgIpc) is 2.82. The van der Waals surface area contributed by atoms with Gasteiger partial charge in [0.05, 0.1) is 21.3 Å². The van der Waals surface area contributed by atoms with E-state index < -0.39 is 6.10 Å². The van der Waals surface area contributed by atoms with E-state index in [-0.39, 0.29) is 12.5 Å². The van der Waals surface area contributed by atoms with E-state index in [4.69, 9.17) is 18.9 Å². The lowest BCUT2D eigenvalue weighted by molar-refractivity contribution is 0.0403. The molecule has 1 unspecified atom stereocenters. The van der Waals surface area contributed by atoms with Gasteiger partial charge in [-0.3, -0.25) is 9.69 Å². The number of methoxy groups -OCH3 is 3. The largest absolute Gasteiger partial charge is 0.493 e. The molecule has 0 radical (unpaired) electrons. The number of hydrogen-bond acceptors (Lipinski definition) is 7. The smallest absolute Gasteiger partial charge is 0.253 e. The van der Waals surface area contributed by atoms with Gasteiger partial charge >= 0.3 is 0 Å². The van der Waals surface area contributed by atoms with Crippen LogP contribution in [0, 0.1) is 6.92 Å². The molecule has 0 bridgehead atoms. The first-order valence-electron chi connectivity index (χ1n) is 10.6. The van der Waals surface area contributed by atoms with Crippen LogP contribution in [0.15, 0.2) is 36.4 Å². The van der Waals surface area contributed by atoms with Crippen LogP contribution in [0.25, 0.3) is 0 Å². The summed E-state index contributed by atoms with van der Waals surface area (Å²) < 4.78 is 21.7.